The highest BCUT2D eigenvalue weighted by Crippen LogP contribution is 2.16. The van der Waals surface area contributed by atoms with Crippen molar-refractivity contribution in [3.8, 4) is 5.75 Å². The minimum Gasteiger partial charge on any atom is -0.493 e. The maximum Gasteiger partial charge on any atom is 0.335 e. The summed E-state index contributed by atoms with van der Waals surface area (Å²) >= 11 is 0. The van der Waals surface area contributed by atoms with Gasteiger partial charge in [0.25, 0.3) is 0 Å². The van der Waals surface area contributed by atoms with Crippen LogP contribution in [0.2, 0.25) is 0 Å². The van der Waals surface area contributed by atoms with E-state index in [1.807, 2.05) is 31.2 Å². The van der Waals surface area contributed by atoms with E-state index < -0.39 is 5.97 Å². The normalized spacial score (nSPS) is 10.2. The summed E-state index contributed by atoms with van der Waals surface area (Å²) in [7, 11) is 0. The first-order valence-electron chi connectivity index (χ1n) is 7.83. The molecule has 0 aliphatic rings. The van der Waals surface area contributed by atoms with Crippen LogP contribution in [0.25, 0.3) is 0 Å². The van der Waals surface area contributed by atoms with Crippen LogP contribution in [0, 0.1) is 6.92 Å². The highest BCUT2D eigenvalue weighted by molar-refractivity contribution is 5.87. The van der Waals surface area contributed by atoms with Gasteiger partial charge >= 0.3 is 5.97 Å². The minimum atomic E-state index is -0.973. The number of carbonyl (C=O) groups excluding carboxylic acids is 1. The highest BCUT2D eigenvalue weighted by atomic mass is 16.5. The van der Waals surface area contributed by atoms with Crippen molar-refractivity contribution >= 4 is 11.9 Å². The lowest BCUT2D eigenvalue weighted by Gasteiger charge is -2.09. The second kappa shape index (κ2) is 8.72. The molecular formula is C19H21NO4. The van der Waals surface area contributed by atoms with E-state index in [9.17, 15) is 9.59 Å². The molecule has 24 heavy (non-hydrogen) atoms. The molecule has 0 aliphatic heterocycles. The van der Waals surface area contributed by atoms with E-state index >= 15 is 0 Å². The summed E-state index contributed by atoms with van der Waals surface area (Å²) in [6.45, 7) is 3.07. The van der Waals surface area contributed by atoms with E-state index in [0.29, 0.717) is 13.2 Å². The van der Waals surface area contributed by atoms with Gasteiger partial charge in [-0.2, -0.15) is 0 Å². The third-order valence-electron chi connectivity index (χ3n) is 3.56. The fraction of sp³-hybridized carbons (Fsp3) is 0.263. The molecule has 0 heterocycles. The van der Waals surface area contributed by atoms with Gasteiger partial charge in [-0.05, 0) is 42.7 Å². The van der Waals surface area contributed by atoms with Crippen molar-refractivity contribution in [2.24, 2.45) is 0 Å². The second-order valence-corrected chi connectivity index (χ2v) is 5.50. The number of ether oxygens (including phenoxy) is 1. The smallest absolute Gasteiger partial charge is 0.335 e. The topological polar surface area (TPSA) is 75.6 Å². The molecule has 0 saturated carbocycles. The van der Waals surface area contributed by atoms with Crippen molar-refractivity contribution in [2.45, 2.75) is 19.8 Å². The Morgan fingerprint density at radius 2 is 1.79 bits per heavy atom. The van der Waals surface area contributed by atoms with Crippen LogP contribution in [0.3, 0.4) is 0 Å². The van der Waals surface area contributed by atoms with Crippen LogP contribution in [-0.2, 0) is 11.2 Å². The first-order chi connectivity index (χ1) is 11.6. The Bertz CT molecular complexity index is 695. The fourth-order valence-corrected chi connectivity index (χ4v) is 2.21. The van der Waals surface area contributed by atoms with E-state index in [1.165, 1.54) is 12.1 Å². The molecule has 0 aromatic heterocycles. The molecule has 1 amide bonds. The number of aryl methyl sites for hydroxylation is 1. The van der Waals surface area contributed by atoms with E-state index in [-0.39, 0.29) is 17.9 Å². The number of hydrogen-bond acceptors (Lipinski definition) is 3. The van der Waals surface area contributed by atoms with Crippen molar-refractivity contribution in [1.82, 2.24) is 5.32 Å². The fourth-order valence-electron chi connectivity index (χ4n) is 2.21. The lowest BCUT2D eigenvalue weighted by molar-refractivity contribution is -0.120. The molecule has 2 rings (SSSR count). The number of hydrogen-bond donors (Lipinski definition) is 2. The summed E-state index contributed by atoms with van der Waals surface area (Å²) in [5.74, 6) is -0.198. The quantitative estimate of drug-likeness (QED) is 0.731. The summed E-state index contributed by atoms with van der Waals surface area (Å²) in [5, 5.41) is 11.7. The van der Waals surface area contributed by atoms with Gasteiger partial charge in [-0.25, -0.2) is 4.79 Å². The minimum absolute atomic E-state index is 0.0889. The zero-order valence-electron chi connectivity index (χ0n) is 13.6. The first kappa shape index (κ1) is 17.5. The Hall–Kier alpha value is -2.82. The molecule has 0 fully saturated rings. The number of amides is 1. The van der Waals surface area contributed by atoms with E-state index in [0.717, 1.165) is 23.3 Å². The van der Waals surface area contributed by atoms with Crippen molar-refractivity contribution in [3.63, 3.8) is 0 Å². The third kappa shape index (κ3) is 5.43. The number of carboxylic acids is 1. The maximum atomic E-state index is 11.9. The molecule has 0 spiro atoms. The molecule has 0 aliphatic carbocycles. The average molecular weight is 327 g/mol. The van der Waals surface area contributed by atoms with Crippen LogP contribution in [0.5, 0.6) is 5.75 Å². The highest BCUT2D eigenvalue weighted by Gasteiger charge is 2.05. The third-order valence-corrected chi connectivity index (χ3v) is 3.56. The first-order valence-corrected chi connectivity index (χ1v) is 7.83. The number of aromatic carboxylic acids is 1. The molecule has 0 unspecified atom stereocenters. The van der Waals surface area contributed by atoms with E-state index in [4.69, 9.17) is 9.84 Å². The summed E-state index contributed by atoms with van der Waals surface area (Å²) in [5.41, 5.74) is 2.09. The van der Waals surface area contributed by atoms with Gasteiger partial charge in [0.15, 0.2) is 0 Å². The van der Waals surface area contributed by atoms with Gasteiger partial charge in [-0.3, -0.25) is 4.79 Å². The predicted molar refractivity (Wildman–Crippen MR) is 91.4 cm³/mol. The molecule has 0 saturated heterocycles. The van der Waals surface area contributed by atoms with Crippen molar-refractivity contribution in [2.75, 3.05) is 13.2 Å². The van der Waals surface area contributed by atoms with Crippen molar-refractivity contribution in [1.29, 1.82) is 0 Å². The number of carboxylic acid groups (broad SMARTS) is 1. The van der Waals surface area contributed by atoms with Gasteiger partial charge in [0, 0.05) is 6.54 Å². The number of para-hydroxylation sites is 1. The largest absolute Gasteiger partial charge is 0.493 e. The predicted octanol–water partition coefficient (Wildman–Crippen LogP) is 2.82. The van der Waals surface area contributed by atoms with Gasteiger partial charge < -0.3 is 15.2 Å². The zero-order valence-corrected chi connectivity index (χ0v) is 13.6. The zero-order chi connectivity index (χ0) is 17.4. The lowest BCUT2D eigenvalue weighted by Crippen LogP contribution is -2.27. The Morgan fingerprint density at radius 1 is 1.08 bits per heavy atom. The molecule has 126 valence electrons. The van der Waals surface area contributed by atoms with E-state index in [2.05, 4.69) is 5.32 Å². The van der Waals surface area contributed by atoms with Crippen LogP contribution < -0.4 is 10.1 Å². The van der Waals surface area contributed by atoms with Gasteiger partial charge in [0.1, 0.15) is 5.75 Å². The Kier molecular flexibility index (Phi) is 6.37. The molecule has 0 atom stereocenters. The molecule has 2 aromatic rings. The molecule has 2 N–H and O–H groups in total. The van der Waals surface area contributed by atoms with Gasteiger partial charge in [0.05, 0.1) is 18.6 Å². The second-order valence-electron chi connectivity index (χ2n) is 5.50. The van der Waals surface area contributed by atoms with Crippen molar-refractivity contribution in [3.05, 3.63) is 65.2 Å². The average Bonchev–Trinajstić information content (AvgIpc) is 2.56. The molecule has 5 nitrogen and oxygen atoms in total. The van der Waals surface area contributed by atoms with Crippen molar-refractivity contribution < 1.29 is 19.4 Å². The number of benzene rings is 2. The molecule has 0 radical (unpaired) electrons. The van der Waals surface area contributed by atoms with Crippen LogP contribution >= 0.6 is 0 Å². The summed E-state index contributed by atoms with van der Waals surface area (Å²) in [4.78, 5) is 22.6. The van der Waals surface area contributed by atoms with Crippen LogP contribution in [-0.4, -0.2) is 30.1 Å². The number of carbonyl (C=O) groups is 2. The summed E-state index contributed by atoms with van der Waals surface area (Å²) in [6, 6.07) is 14.1. The maximum absolute atomic E-state index is 11.9. The molecular weight excluding hydrogens is 306 g/mol. The monoisotopic (exact) mass is 327 g/mol. The van der Waals surface area contributed by atoms with Gasteiger partial charge in [-0.15, -0.1) is 0 Å². The molecule has 5 heteroatoms. The SMILES string of the molecule is Cc1ccccc1OCCCNC(=O)Cc1ccc(C(=O)O)cc1. The summed E-state index contributed by atoms with van der Waals surface area (Å²) < 4.78 is 5.67. The molecule has 2 aromatic carbocycles. The Labute approximate surface area is 141 Å². The van der Waals surface area contributed by atoms with Gasteiger partial charge in [0.2, 0.25) is 5.91 Å². The number of nitrogens with one attached hydrogen (secondary N) is 1. The van der Waals surface area contributed by atoms with Crippen LogP contribution in [0.15, 0.2) is 48.5 Å². The van der Waals surface area contributed by atoms with Gasteiger partial charge in [-0.1, -0.05) is 30.3 Å². The standard InChI is InChI=1S/C19H21NO4/c1-14-5-2-3-6-17(14)24-12-4-11-20-18(21)13-15-7-9-16(10-8-15)19(22)23/h2-3,5-10H,4,11-13H2,1H3,(H,20,21)(H,22,23). The van der Waals surface area contributed by atoms with Crippen LogP contribution in [0.1, 0.15) is 27.9 Å². The van der Waals surface area contributed by atoms with E-state index in [1.54, 1.807) is 12.1 Å². The Balaban J connectivity index is 1.66. The summed E-state index contributed by atoms with van der Waals surface area (Å²) in [6.07, 6.45) is 0.955. The van der Waals surface area contributed by atoms with Crippen LogP contribution in [0.4, 0.5) is 0 Å². The molecule has 0 bridgehead atoms. The number of rotatable bonds is 8. The Morgan fingerprint density at radius 3 is 2.46 bits per heavy atom. The lowest BCUT2D eigenvalue weighted by atomic mass is 10.1.